The van der Waals surface area contributed by atoms with Gasteiger partial charge < -0.3 is 5.32 Å². The first-order valence-electron chi connectivity index (χ1n) is 6.35. The Hall–Kier alpha value is -1.30. The summed E-state index contributed by atoms with van der Waals surface area (Å²) in [6, 6.07) is 1.54. The zero-order chi connectivity index (χ0) is 14.8. The van der Waals surface area contributed by atoms with Gasteiger partial charge in [0.15, 0.2) is 0 Å². The van der Waals surface area contributed by atoms with Crippen LogP contribution in [0.3, 0.4) is 0 Å². The fraction of sp³-hybridized carbons (Fsp3) is 0.538. The number of pyridine rings is 1. The van der Waals surface area contributed by atoms with Gasteiger partial charge in [-0.2, -0.15) is 13.2 Å². The number of rotatable bonds is 2. The molecule has 1 fully saturated rings. The molecule has 1 aliphatic rings. The molecule has 1 heterocycles. The Morgan fingerprint density at radius 3 is 2.50 bits per heavy atom. The van der Waals surface area contributed by atoms with Crippen molar-refractivity contribution in [1.82, 2.24) is 4.98 Å². The van der Waals surface area contributed by atoms with E-state index in [4.69, 9.17) is 11.6 Å². The summed E-state index contributed by atoms with van der Waals surface area (Å²) in [6.45, 7) is 0. The lowest BCUT2D eigenvalue weighted by atomic mass is 9.81. The summed E-state index contributed by atoms with van der Waals surface area (Å²) in [5, 5.41) is 2.98. The van der Waals surface area contributed by atoms with Gasteiger partial charge in [0, 0.05) is 12.1 Å². The molecule has 20 heavy (non-hydrogen) atoms. The van der Waals surface area contributed by atoms with Crippen LogP contribution >= 0.6 is 11.6 Å². The number of nitrogens with one attached hydrogen (secondary N) is 1. The maximum Gasteiger partial charge on any atom is 0.391 e. The van der Waals surface area contributed by atoms with Gasteiger partial charge in [-0.1, -0.05) is 11.6 Å². The highest BCUT2D eigenvalue weighted by Gasteiger charge is 2.42. The van der Waals surface area contributed by atoms with Crippen LogP contribution in [0.5, 0.6) is 0 Å². The standard InChI is InChI=1S/C13H14ClF3N2O/c14-10-5-6-18-7-11(10)19-12(20)8-1-3-9(4-2-8)13(15,16)17/h5-9H,1-4H2,(H,19,20). The first kappa shape index (κ1) is 15.1. The fourth-order valence-electron chi connectivity index (χ4n) is 2.39. The highest BCUT2D eigenvalue weighted by atomic mass is 35.5. The van der Waals surface area contributed by atoms with Crippen molar-refractivity contribution >= 4 is 23.2 Å². The number of anilines is 1. The summed E-state index contributed by atoms with van der Waals surface area (Å²) in [6.07, 6.45) is -0.755. The molecular formula is C13H14ClF3N2O. The number of aromatic nitrogens is 1. The third kappa shape index (κ3) is 3.62. The van der Waals surface area contributed by atoms with Crippen LogP contribution in [0.15, 0.2) is 18.5 Å². The van der Waals surface area contributed by atoms with Crippen molar-refractivity contribution in [2.75, 3.05) is 5.32 Å². The van der Waals surface area contributed by atoms with E-state index in [1.807, 2.05) is 0 Å². The summed E-state index contributed by atoms with van der Waals surface area (Å²) in [4.78, 5) is 15.8. The van der Waals surface area contributed by atoms with Gasteiger partial charge in [-0.3, -0.25) is 9.78 Å². The normalized spacial score (nSPS) is 23.4. The number of carbonyl (C=O) groups is 1. The van der Waals surface area contributed by atoms with Gasteiger partial charge in [0.25, 0.3) is 0 Å². The summed E-state index contributed by atoms with van der Waals surface area (Å²) < 4.78 is 37.6. The number of alkyl halides is 3. The Morgan fingerprint density at radius 1 is 1.30 bits per heavy atom. The lowest BCUT2D eigenvalue weighted by Gasteiger charge is -2.29. The molecule has 1 aromatic heterocycles. The Balaban J connectivity index is 1.91. The number of amides is 1. The summed E-state index contributed by atoms with van der Waals surface area (Å²) in [7, 11) is 0. The molecule has 1 aliphatic carbocycles. The molecule has 110 valence electrons. The molecule has 3 nitrogen and oxygen atoms in total. The van der Waals surface area contributed by atoms with Crippen molar-refractivity contribution in [1.29, 1.82) is 0 Å². The van der Waals surface area contributed by atoms with Crippen LogP contribution in [0.1, 0.15) is 25.7 Å². The van der Waals surface area contributed by atoms with Crippen molar-refractivity contribution in [3.63, 3.8) is 0 Å². The highest BCUT2D eigenvalue weighted by Crippen LogP contribution is 2.39. The van der Waals surface area contributed by atoms with Gasteiger partial charge in [-0.25, -0.2) is 0 Å². The minimum Gasteiger partial charge on any atom is -0.323 e. The van der Waals surface area contributed by atoms with Crippen molar-refractivity contribution in [3.05, 3.63) is 23.5 Å². The maximum absolute atomic E-state index is 12.5. The molecule has 1 saturated carbocycles. The van der Waals surface area contributed by atoms with E-state index in [0.717, 1.165) is 0 Å². The first-order valence-corrected chi connectivity index (χ1v) is 6.73. The van der Waals surface area contributed by atoms with Gasteiger partial charge in [0.2, 0.25) is 5.91 Å². The van der Waals surface area contributed by atoms with Crippen LogP contribution < -0.4 is 5.32 Å². The van der Waals surface area contributed by atoms with E-state index in [1.54, 1.807) is 0 Å². The van der Waals surface area contributed by atoms with E-state index in [9.17, 15) is 18.0 Å². The number of hydrogen-bond donors (Lipinski definition) is 1. The molecule has 0 atom stereocenters. The van der Waals surface area contributed by atoms with Crippen LogP contribution in [-0.2, 0) is 4.79 Å². The van der Waals surface area contributed by atoms with Gasteiger partial charge in [-0.05, 0) is 31.7 Å². The number of nitrogens with zero attached hydrogens (tertiary/aromatic N) is 1. The van der Waals surface area contributed by atoms with Crippen molar-refractivity contribution in [3.8, 4) is 0 Å². The maximum atomic E-state index is 12.5. The highest BCUT2D eigenvalue weighted by molar-refractivity contribution is 6.33. The van der Waals surface area contributed by atoms with E-state index in [1.165, 1.54) is 18.5 Å². The van der Waals surface area contributed by atoms with E-state index >= 15 is 0 Å². The Kier molecular flexibility index (Phi) is 4.52. The third-order valence-corrected chi connectivity index (χ3v) is 3.92. The van der Waals surface area contributed by atoms with E-state index in [2.05, 4.69) is 10.3 Å². The minimum absolute atomic E-state index is 0.00234. The van der Waals surface area contributed by atoms with E-state index in [0.29, 0.717) is 10.7 Å². The second-order valence-corrected chi connectivity index (χ2v) is 5.34. The smallest absolute Gasteiger partial charge is 0.323 e. The molecule has 2 rings (SSSR count). The van der Waals surface area contributed by atoms with Gasteiger partial charge in [0.1, 0.15) is 0 Å². The van der Waals surface area contributed by atoms with Crippen molar-refractivity contribution < 1.29 is 18.0 Å². The molecule has 1 aromatic rings. The quantitative estimate of drug-likeness (QED) is 0.896. The molecule has 0 spiro atoms. The monoisotopic (exact) mass is 306 g/mol. The van der Waals surface area contributed by atoms with Gasteiger partial charge >= 0.3 is 6.18 Å². The first-order chi connectivity index (χ1) is 9.38. The summed E-state index contributed by atoms with van der Waals surface area (Å²) >= 11 is 5.89. The Morgan fingerprint density at radius 2 is 1.95 bits per heavy atom. The predicted octanol–water partition coefficient (Wildman–Crippen LogP) is 4.04. The van der Waals surface area contributed by atoms with Crippen molar-refractivity contribution in [2.24, 2.45) is 11.8 Å². The average molecular weight is 307 g/mol. The molecule has 0 unspecified atom stereocenters. The van der Waals surface area contributed by atoms with Crippen molar-refractivity contribution in [2.45, 2.75) is 31.9 Å². The number of hydrogen-bond acceptors (Lipinski definition) is 2. The van der Waals surface area contributed by atoms with Crippen LogP contribution in [0.2, 0.25) is 5.02 Å². The number of carbonyl (C=O) groups excluding carboxylic acids is 1. The molecule has 1 N–H and O–H groups in total. The van der Waals surface area contributed by atoms with E-state index < -0.39 is 18.0 Å². The second kappa shape index (κ2) is 5.99. The largest absolute Gasteiger partial charge is 0.391 e. The summed E-state index contributed by atoms with van der Waals surface area (Å²) in [5.74, 6) is -1.97. The molecule has 1 amide bonds. The lowest BCUT2D eigenvalue weighted by molar-refractivity contribution is -0.184. The van der Waals surface area contributed by atoms with Crippen LogP contribution in [0.4, 0.5) is 18.9 Å². The topological polar surface area (TPSA) is 42.0 Å². The molecule has 0 bridgehead atoms. The fourth-order valence-corrected chi connectivity index (χ4v) is 2.54. The molecule has 0 aromatic carbocycles. The number of halogens is 4. The van der Waals surface area contributed by atoms with E-state index in [-0.39, 0.29) is 31.6 Å². The molecule has 7 heteroatoms. The summed E-state index contributed by atoms with van der Waals surface area (Å²) in [5.41, 5.74) is 0.386. The predicted molar refractivity (Wildman–Crippen MR) is 69.4 cm³/mol. The Bertz CT molecular complexity index is 485. The lowest BCUT2D eigenvalue weighted by Crippen LogP contribution is -2.32. The average Bonchev–Trinajstić information content (AvgIpc) is 2.40. The van der Waals surface area contributed by atoms with Crippen LogP contribution in [-0.4, -0.2) is 17.1 Å². The molecule has 0 saturated heterocycles. The SMILES string of the molecule is O=C(Nc1cnccc1Cl)C1CCC(C(F)(F)F)CC1. The van der Waals surface area contributed by atoms with Gasteiger partial charge in [0.05, 0.1) is 22.8 Å². The second-order valence-electron chi connectivity index (χ2n) is 4.93. The zero-order valence-electron chi connectivity index (χ0n) is 10.6. The van der Waals surface area contributed by atoms with Gasteiger partial charge in [-0.15, -0.1) is 0 Å². The Labute approximate surface area is 119 Å². The molecular weight excluding hydrogens is 293 g/mol. The molecule has 0 radical (unpaired) electrons. The zero-order valence-corrected chi connectivity index (χ0v) is 11.3. The van der Waals surface area contributed by atoms with Crippen LogP contribution in [0.25, 0.3) is 0 Å². The van der Waals surface area contributed by atoms with Crippen LogP contribution in [0, 0.1) is 11.8 Å². The minimum atomic E-state index is -4.16. The third-order valence-electron chi connectivity index (χ3n) is 3.59. The molecule has 0 aliphatic heterocycles.